The SMILES string of the molecule is CN=C(NCc1ccc(C(=O)N(C)C)cc1)NCC(C)N1CCOCC1C.I. The predicted molar refractivity (Wildman–Crippen MR) is 125 cm³/mol. The van der Waals surface area contributed by atoms with Crippen molar-refractivity contribution >= 4 is 35.8 Å². The zero-order chi connectivity index (χ0) is 19.8. The fourth-order valence-corrected chi connectivity index (χ4v) is 3.19. The number of rotatable bonds is 6. The first-order valence-electron chi connectivity index (χ1n) is 9.51. The van der Waals surface area contributed by atoms with E-state index in [4.69, 9.17) is 4.74 Å². The highest BCUT2D eigenvalue weighted by molar-refractivity contribution is 14.0. The summed E-state index contributed by atoms with van der Waals surface area (Å²) >= 11 is 0. The molecule has 0 aromatic heterocycles. The molecule has 1 amide bonds. The highest BCUT2D eigenvalue weighted by Crippen LogP contribution is 2.10. The minimum absolute atomic E-state index is 0. The van der Waals surface area contributed by atoms with Crippen LogP contribution in [0.3, 0.4) is 0 Å². The molecule has 2 unspecified atom stereocenters. The number of morpholine rings is 1. The van der Waals surface area contributed by atoms with Crippen LogP contribution in [-0.2, 0) is 11.3 Å². The van der Waals surface area contributed by atoms with Crippen molar-refractivity contribution < 1.29 is 9.53 Å². The molecular formula is C20H34IN5O2. The van der Waals surface area contributed by atoms with Gasteiger partial charge in [-0.05, 0) is 31.5 Å². The molecule has 1 aromatic carbocycles. The summed E-state index contributed by atoms with van der Waals surface area (Å²) in [6, 6.07) is 8.49. The van der Waals surface area contributed by atoms with Gasteiger partial charge in [-0.15, -0.1) is 24.0 Å². The van der Waals surface area contributed by atoms with E-state index in [1.165, 1.54) is 0 Å². The second-order valence-corrected chi connectivity index (χ2v) is 7.21. The van der Waals surface area contributed by atoms with Crippen LogP contribution < -0.4 is 10.6 Å². The van der Waals surface area contributed by atoms with Crippen LogP contribution in [0, 0.1) is 0 Å². The molecule has 0 saturated carbocycles. The van der Waals surface area contributed by atoms with Crippen LogP contribution in [0.5, 0.6) is 0 Å². The van der Waals surface area contributed by atoms with E-state index in [1.807, 2.05) is 24.3 Å². The molecule has 0 aliphatic carbocycles. The fourth-order valence-electron chi connectivity index (χ4n) is 3.19. The maximum Gasteiger partial charge on any atom is 0.253 e. The van der Waals surface area contributed by atoms with E-state index in [0.717, 1.165) is 37.8 Å². The van der Waals surface area contributed by atoms with E-state index in [-0.39, 0.29) is 29.9 Å². The largest absolute Gasteiger partial charge is 0.379 e. The molecule has 1 aliphatic rings. The smallest absolute Gasteiger partial charge is 0.253 e. The molecule has 1 fully saturated rings. The van der Waals surface area contributed by atoms with Crippen LogP contribution >= 0.6 is 24.0 Å². The van der Waals surface area contributed by atoms with Gasteiger partial charge in [-0.1, -0.05) is 12.1 Å². The Kier molecular flexibility index (Phi) is 10.8. The molecule has 28 heavy (non-hydrogen) atoms. The number of amides is 1. The molecular weight excluding hydrogens is 469 g/mol. The first-order valence-corrected chi connectivity index (χ1v) is 9.51. The van der Waals surface area contributed by atoms with Crippen molar-refractivity contribution in [2.45, 2.75) is 32.5 Å². The van der Waals surface area contributed by atoms with Gasteiger partial charge in [-0.2, -0.15) is 0 Å². The summed E-state index contributed by atoms with van der Waals surface area (Å²) < 4.78 is 5.51. The number of ether oxygens (including phenoxy) is 1. The Labute approximate surface area is 185 Å². The lowest BCUT2D eigenvalue weighted by molar-refractivity contribution is -0.0174. The summed E-state index contributed by atoms with van der Waals surface area (Å²) in [5, 5.41) is 6.72. The molecule has 0 spiro atoms. The number of halogens is 1. The Hall–Kier alpha value is -1.39. The maximum absolute atomic E-state index is 11.9. The van der Waals surface area contributed by atoms with Crippen molar-refractivity contribution in [2.24, 2.45) is 4.99 Å². The standard InChI is InChI=1S/C20H33N5O2.HI/c1-15(25-10-11-27-14-16(25)2)12-22-20(21-3)23-13-17-6-8-18(9-7-17)19(26)24(4)5;/h6-9,15-16H,10-14H2,1-5H3,(H2,21,22,23);1H. The van der Waals surface area contributed by atoms with Gasteiger partial charge in [0, 0.05) is 58.4 Å². The third-order valence-electron chi connectivity index (χ3n) is 4.84. The number of carbonyl (C=O) groups is 1. The molecule has 158 valence electrons. The fraction of sp³-hybridized carbons (Fsp3) is 0.600. The average Bonchev–Trinajstić information content (AvgIpc) is 2.68. The number of benzene rings is 1. The zero-order valence-electron chi connectivity index (χ0n) is 17.6. The summed E-state index contributed by atoms with van der Waals surface area (Å²) in [5.74, 6) is 0.787. The number of aliphatic imine (C=N–C) groups is 1. The summed E-state index contributed by atoms with van der Waals surface area (Å²) in [6.45, 7) is 8.46. The normalized spacial score (nSPS) is 18.8. The zero-order valence-corrected chi connectivity index (χ0v) is 19.9. The van der Waals surface area contributed by atoms with Gasteiger partial charge >= 0.3 is 0 Å². The van der Waals surface area contributed by atoms with E-state index in [9.17, 15) is 4.79 Å². The lowest BCUT2D eigenvalue weighted by Crippen LogP contribution is -2.52. The summed E-state index contributed by atoms with van der Waals surface area (Å²) in [6.07, 6.45) is 0. The van der Waals surface area contributed by atoms with Gasteiger partial charge in [0.25, 0.3) is 5.91 Å². The van der Waals surface area contributed by atoms with Gasteiger partial charge in [0.15, 0.2) is 5.96 Å². The number of nitrogens with zero attached hydrogens (tertiary/aromatic N) is 3. The summed E-state index contributed by atoms with van der Waals surface area (Å²) in [4.78, 5) is 20.3. The van der Waals surface area contributed by atoms with E-state index in [2.05, 4.69) is 34.4 Å². The van der Waals surface area contributed by atoms with Crippen LogP contribution in [0.15, 0.2) is 29.3 Å². The van der Waals surface area contributed by atoms with Gasteiger partial charge in [0.05, 0.1) is 13.2 Å². The molecule has 1 saturated heterocycles. The number of hydrogen-bond donors (Lipinski definition) is 2. The second-order valence-electron chi connectivity index (χ2n) is 7.21. The lowest BCUT2D eigenvalue weighted by atomic mass is 10.1. The second kappa shape index (κ2) is 12.2. The summed E-state index contributed by atoms with van der Waals surface area (Å²) in [5.41, 5.74) is 1.79. The van der Waals surface area contributed by atoms with Gasteiger partial charge in [-0.25, -0.2) is 0 Å². The van der Waals surface area contributed by atoms with Gasteiger partial charge in [0.1, 0.15) is 0 Å². The van der Waals surface area contributed by atoms with E-state index < -0.39 is 0 Å². The van der Waals surface area contributed by atoms with E-state index in [0.29, 0.717) is 24.2 Å². The Bertz CT molecular complexity index is 636. The molecule has 1 aromatic rings. The van der Waals surface area contributed by atoms with Crippen molar-refractivity contribution in [1.29, 1.82) is 0 Å². The van der Waals surface area contributed by atoms with Crippen LogP contribution in [-0.4, -0.2) is 81.2 Å². The Balaban J connectivity index is 0.00000392. The molecule has 2 atom stereocenters. The Morgan fingerprint density at radius 2 is 2.00 bits per heavy atom. The van der Waals surface area contributed by atoms with Crippen molar-refractivity contribution in [2.75, 3.05) is 47.4 Å². The number of carbonyl (C=O) groups excluding carboxylic acids is 1. The molecule has 0 bridgehead atoms. The topological polar surface area (TPSA) is 69.2 Å². The minimum Gasteiger partial charge on any atom is -0.379 e. The van der Waals surface area contributed by atoms with Crippen LogP contribution in [0.4, 0.5) is 0 Å². The number of hydrogen-bond acceptors (Lipinski definition) is 4. The highest BCUT2D eigenvalue weighted by Gasteiger charge is 2.23. The van der Waals surface area contributed by atoms with Crippen LogP contribution in [0.2, 0.25) is 0 Å². The van der Waals surface area contributed by atoms with Gasteiger partial charge < -0.3 is 20.3 Å². The first kappa shape index (κ1) is 24.6. The quantitative estimate of drug-likeness (QED) is 0.352. The molecule has 1 aliphatic heterocycles. The molecule has 0 radical (unpaired) electrons. The lowest BCUT2D eigenvalue weighted by Gasteiger charge is -2.38. The minimum atomic E-state index is 0. The van der Waals surface area contributed by atoms with Crippen LogP contribution in [0.25, 0.3) is 0 Å². The monoisotopic (exact) mass is 503 g/mol. The molecule has 2 rings (SSSR count). The van der Waals surface area contributed by atoms with Crippen LogP contribution in [0.1, 0.15) is 29.8 Å². The van der Waals surface area contributed by atoms with Crippen molar-refractivity contribution in [3.05, 3.63) is 35.4 Å². The highest BCUT2D eigenvalue weighted by atomic mass is 127. The van der Waals surface area contributed by atoms with Crippen molar-refractivity contribution in [3.63, 3.8) is 0 Å². The molecule has 2 N–H and O–H groups in total. The van der Waals surface area contributed by atoms with E-state index in [1.54, 1.807) is 26.0 Å². The first-order chi connectivity index (χ1) is 12.9. The van der Waals surface area contributed by atoms with Crippen molar-refractivity contribution in [1.82, 2.24) is 20.4 Å². The van der Waals surface area contributed by atoms with E-state index >= 15 is 0 Å². The van der Waals surface area contributed by atoms with Crippen molar-refractivity contribution in [3.8, 4) is 0 Å². The predicted octanol–water partition coefficient (Wildman–Crippen LogP) is 1.78. The summed E-state index contributed by atoms with van der Waals surface area (Å²) in [7, 11) is 5.29. The Morgan fingerprint density at radius 1 is 1.32 bits per heavy atom. The van der Waals surface area contributed by atoms with Gasteiger partial charge in [0.2, 0.25) is 0 Å². The molecule has 1 heterocycles. The third-order valence-corrected chi connectivity index (χ3v) is 4.84. The Morgan fingerprint density at radius 3 is 2.57 bits per heavy atom. The number of guanidine groups is 1. The molecule has 8 heteroatoms. The average molecular weight is 503 g/mol. The number of nitrogens with one attached hydrogen (secondary N) is 2. The van der Waals surface area contributed by atoms with Gasteiger partial charge in [-0.3, -0.25) is 14.7 Å². The maximum atomic E-state index is 11.9. The molecule has 7 nitrogen and oxygen atoms in total. The third kappa shape index (κ3) is 7.21.